The number of rotatable bonds is 4. The molecule has 0 unspecified atom stereocenters. The van der Waals surface area contributed by atoms with Gasteiger partial charge >= 0.3 is 16.2 Å². The lowest BCUT2D eigenvalue weighted by Gasteiger charge is -2.29. The first-order valence-electron chi connectivity index (χ1n) is 6.26. The van der Waals surface area contributed by atoms with Crippen LogP contribution in [-0.2, 0) is 19.7 Å². The van der Waals surface area contributed by atoms with E-state index in [4.69, 9.17) is 11.6 Å². The lowest BCUT2D eigenvalue weighted by Crippen LogP contribution is -2.43. The van der Waals surface area contributed by atoms with Gasteiger partial charge in [-0.25, -0.2) is 14.7 Å². The molecule has 10 heteroatoms. The molecule has 0 atom stereocenters. The molecule has 2 heterocycles. The molecule has 0 aromatic carbocycles. The van der Waals surface area contributed by atoms with E-state index in [-0.39, 0.29) is 36.1 Å². The Morgan fingerprint density at radius 3 is 2.71 bits per heavy atom. The van der Waals surface area contributed by atoms with Crippen molar-refractivity contribution in [1.82, 2.24) is 14.3 Å². The zero-order valence-electron chi connectivity index (χ0n) is 11.3. The van der Waals surface area contributed by atoms with Gasteiger partial charge in [0.2, 0.25) is 5.95 Å². The van der Waals surface area contributed by atoms with Gasteiger partial charge in [0.05, 0.1) is 13.0 Å². The Morgan fingerprint density at radius 2 is 2.14 bits per heavy atom. The van der Waals surface area contributed by atoms with Crippen LogP contribution in [0, 0.1) is 5.92 Å². The van der Waals surface area contributed by atoms with Crippen LogP contribution < -0.4 is 4.72 Å². The van der Waals surface area contributed by atoms with Gasteiger partial charge in [-0.15, -0.1) is 0 Å². The molecular formula is C11H15ClN4O4S. The highest BCUT2D eigenvalue weighted by Gasteiger charge is 2.31. The summed E-state index contributed by atoms with van der Waals surface area (Å²) in [6.45, 7) is 0.464. The Hall–Kier alpha value is -1.45. The SMILES string of the molecule is COC(=O)C1CCN(S(=O)(=O)Nc2nccc(Cl)n2)CC1. The molecule has 1 N–H and O–H groups in total. The van der Waals surface area contributed by atoms with E-state index in [2.05, 4.69) is 19.4 Å². The zero-order chi connectivity index (χ0) is 15.5. The maximum absolute atomic E-state index is 12.2. The van der Waals surface area contributed by atoms with Gasteiger partial charge in [0.15, 0.2) is 0 Å². The summed E-state index contributed by atoms with van der Waals surface area (Å²) in [5, 5.41) is 0.145. The molecule has 1 saturated heterocycles. The minimum Gasteiger partial charge on any atom is -0.469 e. The number of nitrogens with one attached hydrogen (secondary N) is 1. The van der Waals surface area contributed by atoms with Gasteiger partial charge in [0.25, 0.3) is 0 Å². The average molecular weight is 335 g/mol. The first-order valence-corrected chi connectivity index (χ1v) is 8.08. The van der Waals surface area contributed by atoms with Crippen LogP contribution in [0.25, 0.3) is 0 Å². The molecule has 1 aliphatic rings. The predicted octanol–water partition coefficient (Wildman–Crippen LogP) is 0.672. The maximum Gasteiger partial charge on any atom is 0.308 e. The third-order valence-electron chi connectivity index (χ3n) is 3.17. The van der Waals surface area contributed by atoms with Crippen LogP contribution in [0.3, 0.4) is 0 Å². The van der Waals surface area contributed by atoms with Crippen LogP contribution >= 0.6 is 11.6 Å². The smallest absolute Gasteiger partial charge is 0.308 e. The van der Waals surface area contributed by atoms with Gasteiger partial charge in [-0.1, -0.05) is 11.6 Å². The normalized spacial score (nSPS) is 17.4. The van der Waals surface area contributed by atoms with Crippen LogP contribution in [0.15, 0.2) is 12.3 Å². The number of anilines is 1. The van der Waals surface area contributed by atoms with Crippen molar-refractivity contribution >= 4 is 33.7 Å². The molecule has 0 aliphatic carbocycles. The summed E-state index contributed by atoms with van der Waals surface area (Å²) in [6.07, 6.45) is 2.20. The summed E-state index contributed by atoms with van der Waals surface area (Å²) in [6, 6.07) is 1.45. The number of hydrogen-bond acceptors (Lipinski definition) is 6. The summed E-state index contributed by atoms with van der Waals surface area (Å²) in [7, 11) is -2.44. The van der Waals surface area contributed by atoms with Gasteiger partial charge < -0.3 is 4.74 Å². The number of carbonyl (C=O) groups excluding carboxylic acids is 1. The van der Waals surface area contributed by atoms with E-state index in [1.807, 2.05) is 0 Å². The minimum absolute atomic E-state index is 0.0856. The van der Waals surface area contributed by atoms with Crippen molar-refractivity contribution in [3.8, 4) is 0 Å². The fourth-order valence-electron chi connectivity index (χ4n) is 2.06. The first-order chi connectivity index (χ1) is 9.92. The molecule has 0 amide bonds. The Bertz CT molecular complexity index is 616. The van der Waals surface area contributed by atoms with Crippen LogP contribution in [0.2, 0.25) is 5.15 Å². The van der Waals surface area contributed by atoms with E-state index >= 15 is 0 Å². The van der Waals surface area contributed by atoms with Gasteiger partial charge in [0.1, 0.15) is 5.15 Å². The van der Waals surface area contributed by atoms with Crippen LogP contribution in [0.1, 0.15) is 12.8 Å². The summed E-state index contributed by atoms with van der Waals surface area (Å²) in [5.74, 6) is -0.653. The van der Waals surface area contributed by atoms with E-state index in [0.717, 1.165) is 0 Å². The Balaban J connectivity index is 2.00. The van der Waals surface area contributed by atoms with Crippen molar-refractivity contribution in [1.29, 1.82) is 0 Å². The lowest BCUT2D eigenvalue weighted by molar-refractivity contribution is -0.146. The van der Waals surface area contributed by atoms with Crippen LogP contribution in [-0.4, -0.2) is 48.9 Å². The standard InChI is InChI=1S/C11H15ClN4O4S/c1-20-10(17)8-3-6-16(7-4-8)21(18,19)15-11-13-5-2-9(12)14-11/h2,5,8H,3-4,6-7H2,1H3,(H,13,14,15). The Kier molecular flexibility index (Phi) is 4.96. The van der Waals surface area contributed by atoms with Crippen molar-refractivity contribution in [3.63, 3.8) is 0 Å². The maximum atomic E-state index is 12.2. The zero-order valence-corrected chi connectivity index (χ0v) is 12.9. The second kappa shape index (κ2) is 6.54. The number of ether oxygens (including phenoxy) is 1. The fraction of sp³-hybridized carbons (Fsp3) is 0.545. The van der Waals surface area contributed by atoms with E-state index in [1.54, 1.807) is 0 Å². The van der Waals surface area contributed by atoms with E-state index in [9.17, 15) is 13.2 Å². The van der Waals surface area contributed by atoms with E-state index in [0.29, 0.717) is 12.8 Å². The average Bonchev–Trinajstić information content (AvgIpc) is 2.46. The van der Waals surface area contributed by atoms with Gasteiger partial charge in [-0.05, 0) is 18.9 Å². The van der Waals surface area contributed by atoms with Crippen molar-refractivity contribution < 1.29 is 17.9 Å². The summed E-state index contributed by atoms with van der Waals surface area (Å²) in [5.41, 5.74) is 0. The second-order valence-corrected chi connectivity index (χ2v) is 6.56. The summed E-state index contributed by atoms with van der Waals surface area (Å²) < 4.78 is 32.5. The molecule has 116 valence electrons. The summed E-state index contributed by atoms with van der Waals surface area (Å²) in [4.78, 5) is 19.0. The topological polar surface area (TPSA) is 101 Å². The van der Waals surface area contributed by atoms with Crippen molar-refractivity contribution in [2.75, 3.05) is 24.9 Å². The first kappa shape index (κ1) is 15.9. The van der Waals surface area contributed by atoms with E-state index < -0.39 is 10.2 Å². The number of piperidine rings is 1. The molecule has 0 saturated carbocycles. The molecule has 21 heavy (non-hydrogen) atoms. The minimum atomic E-state index is -3.76. The number of hydrogen-bond donors (Lipinski definition) is 1. The highest BCUT2D eigenvalue weighted by atomic mass is 35.5. The Morgan fingerprint density at radius 1 is 1.48 bits per heavy atom. The number of nitrogens with zero attached hydrogens (tertiary/aromatic N) is 3. The molecule has 8 nitrogen and oxygen atoms in total. The van der Waals surface area contributed by atoms with Crippen molar-refractivity contribution in [2.24, 2.45) is 5.92 Å². The Labute approximate surface area is 127 Å². The number of halogens is 1. The van der Waals surface area contributed by atoms with Crippen LogP contribution in [0.5, 0.6) is 0 Å². The lowest BCUT2D eigenvalue weighted by atomic mass is 9.99. The third-order valence-corrected chi connectivity index (χ3v) is 4.87. The van der Waals surface area contributed by atoms with E-state index in [1.165, 1.54) is 23.7 Å². The second-order valence-electron chi connectivity index (χ2n) is 4.51. The molecule has 1 aliphatic heterocycles. The van der Waals surface area contributed by atoms with Crippen LogP contribution in [0.4, 0.5) is 5.95 Å². The molecule has 0 bridgehead atoms. The number of aromatic nitrogens is 2. The molecule has 1 fully saturated rings. The third kappa shape index (κ3) is 4.02. The largest absolute Gasteiger partial charge is 0.469 e. The van der Waals surface area contributed by atoms with Gasteiger partial charge in [0, 0.05) is 19.3 Å². The number of esters is 1. The van der Waals surface area contributed by atoms with Gasteiger partial charge in [-0.3, -0.25) is 4.79 Å². The highest BCUT2D eigenvalue weighted by Crippen LogP contribution is 2.21. The molecule has 1 aromatic heterocycles. The molecule has 1 aromatic rings. The predicted molar refractivity (Wildman–Crippen MR) is 75.9 cm³/mol. The fourth-order valence-corrected chi connectivity index (χ4v) is 3.35. The van der Waals surface area contributed by atoms with Gasteiger partial charge in [-0.2, -0.15) is 12.7 Å². The van der Waals surface area contributed by atoms with Crippen molar-refractivity contribution in [3.05, 3.63) is 17.4 Å². The summed E-state index contributed by atoms with van der Waals surface area (Å²) >= 11 is 5.68. The molecular weight excluding hydrogens is 320 g/mol. The van der Waals surface area contributed by atoms with Crippen molar-refractivity contribution in [2.45, 2.75) is 12.8 Å². The highest BCUT2D eigenvalue weighted by molar-refractivity contribution is 7.90. The molecule has 2 rings (SSSR count). The monoisotopic (exact) mass is 334 g/mol. The quantitative estimate of drug-likeness (QED) is 0.641. The number of carbonyl (C=O) groups is 1. The molecule has 0 spiro atoms. The number of methoxy groups -OCH3 is 1. The molecule has 0 radical (unpaired) electrons.